The van der Waals surface area contributed by atoms with Crippen LogP contribution in [0.2, 0.25) is 0 Å². The van der Waals surface area contributed by atoms with Crippen LogP contribution in [0.5, 0.6) is 0 Å². The van der Waals surface area contributed by atoms with Crippen LogP contribution in [-0.4, -0.2) is 16.3 Å². The first-order valence-corrected chi connectivity index (χ1v) is 6.91. The van der Waals surface area contributed by atoms with Crippen molar-refractivity contribution < 1.29 is 9.90 Å². The minimum atomic E-state index is -0.708. The molecule has 0 radical (unpaired) electrons. The number of hydrogen-bond donors (Lipinski definition) is 1. The van der Waals surface area contributed by atoms with E-state index in [-0.39, 0.29) is 5.25 Å². The highest BCUT2D eigenvalue weighted by Gasteiger charge is 2.16. The van der Waals surface area contributed by atoms with Crippen LogP contribution in [0.25, 0.3) is 0 Å². The molecule has 0 spiro atoms. The Morgan fingerprint density at radius 3 is 2.24 bits per heavy atom. The third-order valence-corrected chi connectivity index (χ3v) is 4.31. The lowest BCUT2D eigenvalue weighted by molar-refractivity contribution is -0.136. The van der Waals surface area contributed by atoms with E-state index >= 15 is 0 Å². The first-order valence-electron chi connectivity index (χ1n) is 5.86. The number of aryl methyl sites for hydroxylation is 3. The zero-order valence-corrected chi connectivity index (χ0v) is 11.7. The van der Waals surface area contributed by atoms with E-state index in [4.69, 9.17) is 5.11 Å². The molecule has 1 aromatic rings. The molecule has 0 saturated heterocycles. The quantitative estimate of drug-likeness (QED) is 0.868. The summed E-state index contributed by atoms with van der Waals surface area (Å²) in [5.41, 5.74) is 5.06. The van der Waals surface area contributed by atoms with Crippen LogP contribution in [0.4, 0.5) is 0 Å². The predicted octanol–water partition coefficient (Wildman–Crippen LogP) is 3.71. The van der Waals surface area contributed by atoms with Gasteiger partial charge in [0.25, 0.3) is 0 Å². The first kappa shape index (κ1) is 14.1. The maximum absolute atomic E-state index is 11.0. The number of carboxylic acids is 1. The van der Waals surface area contributed by atoms with E-state index in [2.05, 4.69) is 32.9 Å². The molecule has 0 aliphatic rings. The van der Waals surface area contributed by atoms with Gasteiger partial charge in [0.2, 0.25) is 0 Å². The van der Waals surface area contributed by atoms with Crippen LogP contribution in [0.1, 0.15) is 35.6 Å². The van der Waals surface area contributed by atoms with Crippen molar-refractivity contribution in [2.45, 2.75) is 45.1 Å². The van der Waals surface area contributed by atoms with Crippen LogP contribution < -0.4 is 0 Å². The molecular formula is C14H20O2S. The SMILES string of the molecule is CCC(SCc1c(C)cc(C)cc1C)C(=O)O. The Labute approximate surface area is 107 Å². The molecule has 0 bridgehead atoms. The number of carboxylic acid groups (broad SMARTS) is 1. The summed E-state index contributed by atoms with van der Waals surface area (Å²) >= 11 is 1.52. The molecule has 1 unspecified atom stereocenters. The van der Waals surface area contributed by atoms with Gasteiger partial charge in [-0.2, -0.15) is 0 Å². The zero-order chi connectivity index (χ0) is 13.0. The largest absolute Gasteiger partial charge is 0.480 e. The van der Waals surface area contributed by atoms with Gasteiger partial charge in [-0.25, -0.2) is 0 Å². The summed E-state index contributed by atoms with van der Waals surface area (Å²) in [6.07, 6.45) is 0.671. The highest BCUT2D eigenvalue weighted by molar-refractivity contribution is 7.99. The number of aliphatic carboxylic acids is 1. The Morgan fingerprint density at radius 2 is 1.82 bits per heavy atom. The van der Waals surface area contributed by atoms with Crippen molar-refractivity contribution in [2.24, 2.45) is 0 Å². The Hall–Kier alpha value is -0.960. The van der Waals surface area contributed by atoms with E-state index in [1.807, 2.05) is 6.92 Å². The molecule has 0 amide bonds. The normalized spacial score (nSPS) is 12.5. The fraction of sp³-hybridized carbons (Fsp3) is 0.500. The molecule has 0 fully saturated rings. The van der Waals surface area contributed by atoms with Gasteiger partial charge in [-0.1, -0.05) is 24.6 Å². The zero-order valence-electron chi connectivity index (χ0n) is 10.9. The molecule has 0 aliphatic heterocycles. The Morgan fingerprint density at radius 1 is 1.29 bits per heavy atom. The summed E-state index contributed by atoms with van der Waals surface area (Å²) < 4.78 is 0. The van der Waals surface area contributed by atoms with Gasteiger partial charge in [0.05, 0.1) is 0 Å². The van der Waals surface area contributed by atoms with Crippen LogP contribution in [0, 0.1) is 20.8 Å². The molecule has 3 heteroatoms. The van der Waals surface area contributed by atoms with Gasteiger partial charge in [0, 0.05) is 5.75 Å². The lowest BCUT2D eigenvalue weighted by Crippen LogP contribution is -2.15. The molecule has 1 aromatic carbocycles. The monoisotopic (exact) mass is 252 g/mol. The van der Waals surface area contributed by atoms with E-state index in [9.17, 15) is 4.79 Å². The molecule has 2 nitrogen and oxygen atoms in total. The second kappa shape index (κ2) is 6.10. The van der Waals surface area contributed by atoms with Gasteiger partial charge in [0.15, 0.2) is 0 Å². The molecule has 0 heterocycles. The Bertz CT molecular complexity index is 390. The van der Waals surface area contributed by atoms with Crippen LogP contribution >= 0.6 is 11.8 Å². The number of hydrogen-bond acceptors (Lipinski definition) is 2. The van der Waals surface area contributed by atoms with Crippen LogP contribution in [0.15, 0.2) is 12.1 Å². The fourth-order valence-corrected chi connectivity index (χ4v) is 3.19. The number of thioether (sulfide) groups is 1. The van der Waals surface area contributed by atoms with Crippen molar-refractivity contribution in [1.29, 1.82) is 0 Å². The average Bonchev–Trinajstić information content (AvgIpc) is 2.21. The van der Waals surface area contributed by atoms with E-state index in [0.717, 1.165) is 5.75 Å². The summed E-state index contributed by atoms with van der Waals surface area (Å²) in [4.78, 5) is 11.0. The minimum absolute atomic E-state index is 0.296. The topological polar surface area (TPSA) is 37.3 Å². The maximum atomic E-state index is 11.0. The number of rotatable bonds is 5. The summed E-state index contributed by atoms with van der Waals surface area (Å²) in [5.74, 6) is 0.0721. The number of carbonyl (C=O) groups is 1. The van der Waals surface area contributed by atoms with Crippen LogP contribution in [0.3, 0.4) is 0 Å². The standard InChI is InChI=1S/C14H20O2S/c1-5-13(14(15)16)17-8-12-10(3)6-9(2)7-11(12)4/h6-7,13H,5,8H2,1-4H3,(H,15,16). The molecule has 0 aliphatic carbocycles. The fourth-order valence-electron chi connectivity index (χ4n) is 1.99. The molecule has 94 valence electrons. The summed E-state index contributed by atoms with van der Waals surface area (Å²) in [5, 5.41) is 8.72. The van der Waals surface area contributed by atoms with Gasteiger partial charge in [-0.15, -0.1) is 11.8 Å². The molecule has 0 saturated carbocycles. The number of benzene rings is 1. The third-order valence-electron chi connectivity index (χ3n) is 2.92. The molecule has 1 atom stereocenters. The van der Waals surface area contributed by atoms with E-state index in [0.29, 0.717) is 6.42 Å². The smallest absolute Gasteiger partial charge is 0.316 e. The van der Waals surface area contributed by atoms with Crippen molar-refractivity contribution in [3.63, 3.8) is 0 Å². The summed E-state index contributed by atoms with van der Waals surface area (Å²) in [6.45, 7) is 8.19. The second-order valence-electron chi connectivity index (χ2n) is 4.42. The maximum Gasteiger partial charge on any atom is 0.316 e. The first-order chi connectivity index (χ1) is 7.95. The molecular weight excluding hydrogens is 232 g/mol. The van der Waals surface area contributed by atoms with Gasteiger partial charge in [-0.05, 0) is 43.9 Å². The second-order valence-corrected chi connectivity index (χ2v) is 5.61. The van der Waals surface area contributed by atoms with Gasteiger partial charge in [0.1, 0.15) is 5.25 Å². The van der Waals surface area contributed by atoms with Crippen molar-refractivity contribution in [3.05, 3.63) is 34.4 Å². The van der Waals surface area contributed by atoms with Gasteiger partial charge >= 0.3 is 5.97 Å². The Kier molecular flexibility index (Phi) is 5.06. The summed E-state index contributed by atoms with van der Waals surface area (Å²) in [6, 6.07) is 4.31. The van der Waals surface area contributed by atoms with E-state index < -0.39 is 5.97 Å². The molecule has 0 aromatic heterocycles. The minimum Gasteiger partial charge on any atom is -0.480 e. The van der Waals surface area contributed by atoms with Crippen LogP contribution in [-0.2, 0) is 10.5 Å². The average molecular weight is 252 g/mol. The Balaban J connectivity index is 2.79. The van der Waals surface area contributed by atoms with Gasteiger partial charge < -0.3 is 5.11 Å². The molecule has 1 N–H and O–H groups in total. The summed E-state index contributed by atoms with van der Waals surface area (Å²) in [7, 11) is 0. The van der Waals surface area contributed by atoms with E-state index in [1.165, 1.54) is 34.0 Å². The molecule has 1 rings (SSSR count). The predicted molar refractivity (Wildman–Crippen MR) is 73.7 cm³/mol. The lowest BCUT2D eigenvalue weighted by atomic mass is 10.0. The van der Waals surface area contributed by atoms with Crippen molar-refractivity contribution in [2.75, 3.05) is 0 Å². The van der Waals surface area contributed by atoms with Crippen molar-refractivity contribution >= 4 is 17.7 Å². The highest BCUT2D eigenvalue weighted by Crippen LogP contribution is 2.25. The molecule has 17 heavy (non-hydrogen) atoms. The van der Waals surface area contributed by atoms with E-state index in [1.54, 1.807) is 0 Å². The van der Waals surface area contributed by atoms with Gasteiger partial charge in [-0.3, -0.25) is 4.79 Å². The van der Waals surface area contributed by atoms with Crippen molar-refractivity contribution in [1.82, 2.24) is 0 Å². The highest BCUT2D eigenvalue weighted by atomic mass is 32.2. The third kappa shape index (κ3) is 3.77. The van der Waals surface area contributed by atoms with Crippen molar-refractivity contribution in [3.8, 4) is 0 Å². The lowest BCUT2D eigenvalue weighted by Gasteiger charge is -2.14.